The Bertz CT molecular complexity index is 353. The number of hydrogen-bond acceptors (Lipinski definition) is 3. The average molecular weight is 193 g/mol. The zero-order valence-electron chi connectivity index (χ0n) is 8.07. The first-order valence-electron chi connectivity index (χ1n) is 4.00. The first-order chi connectivity index (χ1) is 6.57. The van der Waals surface area contributed by atoms with Gasteiger partial charge in [0.25, 0.3) is 0 Å². The lowest BCUT2D eigenvalue weighted by Gasteiger charge is -2.09. The minimum Gasteiger partial charge on any atom is -0.494 e. The molecule has 74 valence electrons. The van der Waals surface area contributed by atoms with Gasteiger partial charge in [0, 0.05) is 6.20 Å². The first-order valence-corrected chi connectivity index (χ1v) is 4.00. The number of rotatable bonds is 3. The maximum absolute atomic E-state index is 10.8. The van der Waals surface area contributed by atoms with Crippen molar-refractivity contribution in [2.75, 3.05) is 7.11 Å². The van der Waals surface area contributed by atoms with Crippen molar-refractivity contribution in [2.45, 2.75) is 6.92 Å². The number of aromatic nitrogens is 1. The molecule has 0 aliphatic carbocycles. The smallest absolute Gasteiger partial charge is 0.339 e. The summed E-state index contributed by atoms with van der Waals surface area (Å²) in [6, 6.07) is 1.40. The summed E-state index contributed by atoms with van der Waals surface area (Å²) in [4.78, 5) is 14.8. The van der Waals surface area contributed by atoms with Crippen molar-refractivity contribution >= 4 is 11.5 Å². The molecule has 4 heteroatoms. The second kappa shape index (κ2) is 3.91. The fourth-order valence-electron chi connectivity index (χ4n) is 1.13. The number of allylic oxidation sites excluding steroid dienone is 1. The molecule has 0 aromatic carbocycles. The van der Waals surface area contributed by atoms with Crippen molar-refractivity contribution in [2.24, 2.45) is 0 Å². The number of carboxylic acid groups (broad SMARTS) is 1. The van der Waals surface area contributed by atoms with Gasteiger partial charge in [-0.05, 0) is 18.6 Å². The van der Waals surface area contributed by atoms with Gasteiger partial charge in [0.2, 0.25) is 0 Å². The Morgan fingerprint density at radius 1 is 1.64 bits per heavy atom. The third-order valence-corrected chi connectivity index (χ3v) is 1.74. The topological polar surface area (TPSA) is 59.4 Å². The van der Waals surface area contributed by atoms with Crippen molar-refractivity contribution in [3.8, 4) is 5.75 Å². The lowest BCUT2D eigenvalue weighted by Crippen LogP contribution is -2.04. The highest BCUT2D eigenvalue weighted by molar-refractivity contribution is 5.92. The van der Waals surface area contributed by atoms with Gasteiger partial charge in [-0.15, -0.1) is 0 Å². The van der Waals surface area contributed by atoms with E-state index in [0.29, 0.717) is 11.3 Å². The van der Waals surface area contributed by atoms with E-state index >= 15 is 0 Å². The van der Waals surface area contributed by atoms with Crippen LogP contribution in [0.15, 0.2) is 18.8 Å². The molecule has 0 atom stereocenters. The lowest BCUT2D eigenvalue weighted by atomic mass is 10.1. The number of nitrogens with zero attached hydrogens (tertiary/aromatic N) is 1. The SMILES string of the molecule is C=C(C)c1nccc(C(=O)O)c1OC. The third-order valence-electron chi connectivity index (χ3n) is 1.74. The van der Waals surface area contributed by atoms with E-state index in [1.54, 1.807) is 6.92 Å². The highest BCUT2D eigenvalue weighted by Crippen LogP contribution is 2.26. The van der Waals surface area contributed by atoms with E-state index in [1.165, 1.54) is 19.4 Å². The minimum absolute atomic E-state index is 0.0977. The fraction of sp³-hybridized carbons (Fsp3) is 0.200. The standard InChI is InChI=1S/C10H11NO3/c1-6(2)8-9(14-3)7(10(12)13)4-5-11-8/h4-5H,1H2,2-3H3,(H,12,13). The monoisotopic (exact) mass is 193 g/mol. The van der Waals surface area contributed by atoms with Crippen LogP contribution in [0.1, 0.15) is 23.0 Å². The molecule has 1 aromatic rings. The van der Waals surface area contributed by atoms with E-state index in [0.717, 1.165) is 0 Å². The highest BCUT2D eigenvalue weighted by atomic mass is 16.5. The number of methoxy groups -OCH3 is 1. The summed E-state index contributed by atoms with van der Waals surface area (Å²) >= 11 is 0. The average Bonchev–Trinajstić information content (AvgIpc) is 2.16. The molecule has 0 radical (unpaired) electrons. The molecule has 0 saturated heterocycles. The van der Waals surface area contributed by atoms with Gasteiger partial charge >= 0.3 is 5.97 Å². The van der Waals surface area contributed by atoms with Crippen LogP contribution in [0.2, 0.25) is 0 Å². The molecule has 1 heterocycles. The largest absolute Gasteiger partial charge is 0.494 e. The number of carbonyl (C=O) groups is 1. The van der Waals surface area contributed by atoms with Gasteiger partial charge in [0.05, 0.1) is 7.11 Å². The van der Waals surface area contributed by atoms with Crippen LogP contribution in [0.4, 0.5) is 0 Å². The molecule has 0 saturated carbocycles. The summed E-state index contributed by atoms with van der Waals surface area (Å²) < 4.78 is 4.99. The van der Waals surface area contributed by atoms with Crippen LogP contribution in [-0.2, 0) is 0 Å². The van der Waals surface area contributed by atoms with E-state index < -0.39 is 5.97 Å². The molecule has 0 fully saturated rings. The van der Waals surface area contributed by atoms with Gasteiger partial charge in [0.15, 0.2) is 5.75 Å². The second-order valence-electron chi connectivity index (χ2n) is 2.83. The fourth-order valence-corrected chi connectivity index (χ4v) is 1.13. The Balaban J connectivity index is 3.39. The molecule has 1 rings (SSSR count). The summed E-state index contributed by atoms with van der Waals surface area (Å²) in [5.41, 5.74) is 1.25. The van der Waals surface area contributed by atoms with Crippen LogP contribution in [0.25, 0.3) is 5.57 Å². The molecular weight excluding hydrogens is 182 g/mol. The minimum atomic E-state index is -1.04. The molecule has 0 bridgehead atoms. The van der Waals surface area contributed by atoms with E-state index in [1.807, 2.05) is 0 Å². The number of hydrogen-bond donors (Lipinski definition) is 1. The molecule has 0 amide bonds. The van der Waals surface area contributed by atoms with Gasteiger partial charge in [-0.25, -0.2) is 4.79 Å². The van der Waals surface area contributed by atoms with Crippen LogP contribution in [0.5, 0.6) is 5.75 Å². The maximum Gasteiger partial charge on any atom is 0.339 e. The second-order valence-corrected chi connectivity index (χ2v) is 2.83. The summed E-state index contributed by atoms with van der Waals surface area (Å²) in [7, 11) is 1.41. The zero-order valence-corrected chi connectivity index (χ0v) is 8.07. The van der Waals surface area contributed by atoms with Crippen molar-refractivity contribution in [1.82, 2.24) is 4.98 Å². The Kier molecular flexibility index (Phi) is 2.86. The van der Waals surface area contributed by atoms with Crippen LogP contribution >= 0.6 is 0 Å². The summed E-state index contributed by atoms with van der Waals surface area (Å²) in [6.45, 7) is 5.45. The quantitative estimate of drug-likeness (QED) is 0.795. The number of pyridine rings is 1. The third kappa shape index (κ3) is 1.74. The van der Waals surface area contributed by atoms with Crippen LogP contribution < -0.4 is 4.74 Å². The predicted molar refractivity (Wildman–Crippen MR) is 52.5 cm³/mol. The van der Waals surface area contributed by atoms with Crippen LogP contribution in [-0.4, -0.2) is 23.2 Å². The maximum atomic E-state index is 10.8. The van der Waals surface area contributed by atoms with Crippen LogP contribution in [0.3, 0.4) is 0 Å². The number of ether oxygens (including phenoxy) is 1. The predicted octanol–water partition coefficient (Wildman–Crippen LogP) is 1.82. The van der Waals surface area contributed by atoms with Crippen molar-refractivity contribution < 1.29 is 14.6 Å². The van der Waals surface area contributed by atoms with E-state index in [9.17, 15) is 4.79 Å². The van der Waals surface area contributed by atoms with Gasteiger partial charge in [0.1, 0.15) is 11.3 Å². The molecule has 1 aromatic heterocycles. The molecule has 14 heavy (non-hydrogen) atoms. The Labute approximate surface area is 81.9 Å². The number of carboxylic acids is 1. The summed E-state index contributed by atoms with van der Waals surface area (Å²) in [5.74, 6) is -0.778. The van der Waals surface area contributed by atoms with Gasteiger partial charge in [-0.2, -0.15) is 0 Å². The van der Waals surface area contributed by atoms with E-state index in [-0.39, 0.29) is 11.3 Å². The Hall–Kier alpha value is -1.84. The molecule has 4 nitrogen and oxygen atoms in total. The van der Waals surface area contributed by atoms with Gasteiger partial charge in [-0.1, -0.05) is 6.58 Å². The van der Waals surface area contributed by atoms with E-state index in [2.05, 4.69) is 11.6 Å². The normalized spacial score (nSPS) is 9.57. The summed E-state index contributed by atoms with van der Waals surface area (Å²) in [5, 5.41) is 8.87. The van der Waals surface area contributed by atoms with Crippen molar-refractivity contribution in [1.29, 1.82) is 0 Å². The molecule has 0 unspecified atom stereocenters. The van der Waals surface area contributed by atoms with Crippen molar-refractivity contribution in [3.05, 3.63) is 30.1 Å². The Morgan fingerprint density at radius 2 is 2.29 bits per heavy atom. The molecular formula is C10H11NO3. The van der Waals surface area contributed by atoms with Gasteiger partial charge < -0.3 is 9.84 Å². The molecule has 0 aliphatic rings. The first kappa shape index (κ1) is 10.2. The number of aromatic carboxylic acids is 1. The highest BCUT2D eigenvalue weighted by Gasteiger charge is 2.15. The van der Waals surface area contributed by atoms with Gasteiger partial charge in [-0.3, -0.25) is 4.98 Å². The Morgan fingerprint density at radius 3 is 2.71 bits per heavy atom. The summed E-state index contributed by atoms with van der Waals surface area (Å²) in [6.07, 6.45) is 1.43. The molecule has 0 aliphatic heterocycles. The van der Waals surface area contributed by atoms with E-state index in [4.69, 9.17) is 9.84 Å². The van der Waals surface area contributed by atoms with Crippen LogP contribution in [0, 0.1) is 0 Å². The molecule has 0 spiro atoms. The van der Waals surface area contributed by atoms with Crippen molar-refractivity contribution in [3.63, 3.8) is 0 Å². The lowest BCUT2D eigenvalue weighted by molar-refractivity contribution is 0.0693. The molecule has 1 N–H and O–H groups in total. The zero-order chi connectivity index (χ0) is 10.7.